The number of rotatable bonds is 7. The van der Waals surface area contributed by atoms with E-state index in [4.69, 9.17) is 10.5 Å². The molecule has 3 N–H and O–H groups in total. The van der Waals surface area contributed by atoms with Crippen LogP contribution >= 0.6 is 0 Å². The summed E-state index contributed by atoms with van der Waals surface area (Å²) in [5.74, 6) is -0.280. The molecule has 1 rings (SSSR count). The summed E-state index contributed by atoms with van der Waals surface area (Å²) >= 11 is 0. The molecule has 0 fully saturated rings. The maximum atomic E-state index is 13.9. The topological polar surface area (TPSA) is 58.7 Å². The fraction of sp³-hybridized carbons (Fsp3) is 0.571. The molecule has 0 bridgehead atoms. The van der Waals surface area contributed by atoms with Crippen molar-refractivity contribution in [2.75, 3.05) is 27.3 Å². The van der Waals surface area contributed by atoms with Crippen molar-refractivity contribution in [2.45, 2.75) is 25.1 Å². The number of benzene rings is 1. The zero-order valence-corrected chi connectivity index (χ0v) is 11.7. The van der Waals surface area contributed by atoms with Gasteiger partial charge in [0.05, 0.1) is 18.8 Å². The highest BCUT2D eigenvalue weighted by atomic mass is 19.1. The Bertz CT molecular complexity index is 387. The molecule has 0 heterocycles. The van der Waals surface area contributed by atoms with Crippen LogP contribution in [-0.2, 0) is 4.74 Å². The Balaban J connectivity index is 2.86. The molecule has 0 aliphatic heterocycles. The van der Waals surface area contributed by atoms with E-state index in [1.807, 2.05) is 18.9 Å². The maximum absolute atomic E-state index is 13.9. The van der Waals surface area contributed by atoms with Crippen molar-refractivity contribution in [1.29, 1.82) is 0 Å². The molecule has 0 aliphatic rings. The van der Waals surface area contributed by atoms with E-state index >= 15 is 0 Å². The zero-order chi connectivity index (χ0) is 14.4. The third-order valence-electron chi connectivity index (χ3n) is 3.05. The zero-order valence-electron chi connectivity index (χ0n) is 11.7. The van der Waals surface area contributed by atoms with E-state index in [1.165, 1.54) is 13.2 Å². The largest absolute Gasteiger partial charge is 0.389 e. The quantitative estimate of drug-likeness (QED) is 0.780. The van der Waals surface area contributed by atoms with Gasteiger partial charge < -0.3 is 15.6 Å². The average Bonchev–Trinajstić information content (AvgIpc) is 2.31. The number of nitrogens with zero attached hydrogens (tertiary/aromatic N) is 1. The molecule has 0 spiro atoms. The summed E-state index contributed by atoms with van der Waals surface area (Å²) in [6.07, 6.45) is -0.622. The van der Waals surface area contributed by atoms with Gasteiger partial charge in [0.15, 0.2) is 0 Å². The number of nitrogens with two attached hydrogens (primary N) is 1. The van der Waals surface area contributed by atoms with Crippen molar-refractivity contribution < 1.29 is 14.2 Å². The third kappa shape index (κ3) is 4.54. The van der Waals surface area contributed by atoms with E-state index in [9.17, 15) is 9.50 Å². The van der Waals surface area contributed by atoms with Gasteiger partial charge in [-0.2, -0.15) is 0 Å². The number of likely N-dealkylation sites (N-methyl/N-ethyl adjacent to an activating group) is 1. The summed E-state index contributed by atoms with van der Waals surface area (Å²) in [4.78, 5) is 1.85. The normalized spacial score (nSPS) is 16.4. The monoisotopic (exact) mass is 270 g/mol. The number of methoxy groups -OCH3 is 1. The molecule has 3 atom stereocenters. The Labute approximate surface area is 114 Å². The summed E-state index contributed by atoms with van der Waals surface area (Å²) < 4.78 is 18.8. The molecule has 4 nitrogen and oxygen atoms in total. The van der Waals surface area contributed by atoms with E-state index < -0.39 is 6.10 Å². The smallest absolute Gasteiger partial charge is 0.128 e. The van der Waals surface area contributed by atoms with Crippen LogP contribution < -0.4 is 5.73 Å². The second-order valence-electron chi connectivity index (χ2n) is 4.87. The lowest BCUT2D eigenvalue weighted by Crippen LogP contribution is -2.42. The number of ether oxygens (including phenoxy) is 1. The number of hydrogen-bond acceptors (Lipinski definition) is 4. The van der Waals surface area contributed by atoms with Gasteiger partial charge in [-0.1, -0.05) is 18.2 Å². The summed E-state index contributed by atoms with van der Waals surface area (Å²) in [5, 5.41) is 9.77. The second kappa shape index (κ2) is 7.55. The molecule has 5 heteroatoms. The van der Waals surface area contributed by atoms with Crippen LogP contribution in [0.3, 0.4) is 0 Å². The highest BCUT2D eigenvalue weighted by molar-refractivity contribution is 5.22. The molecule has 0 aromatic heterocycles. The fourth-order valence-electron chi connectivity index (χ4n) is 2.33. The minimum absolute atomic E-state index is 0.243. The number of aliphatic hydroxyl groups is 1. The minimum atomic E-state index is -0.622. The van der Waals surface area contributed by atoms with E-state index in [0.29, 0.717) is 12.1 Å². The lowest BCUT2D eigenvalue weighted by molar-refractivity contribution is 0.0313. The van der Waals surface area contributed by atoms with Gasteiger partial charge in [0.1, 0.15) is 5.82 Å². The summed E-state index contributed by atoms with van der Waals surface area (Å²) in [6.45, 7) is 2.44. The lowest BCUT2D eigenvalue weighted by Gasteiger charge is -2.32. The Kier molecular flexibility index (Phi) is 6.37. The van der Waals surface area contributed by atoms with Gasteiger partial charge in [-0.3, -0.25) is 4.90 Å². The SMILES string of the molecule is COCC(O)CN(C)C(c1ccccc1F)C(C)N. The van der Waals surface area contributed by atoms with Gasteiger partial charge in [-0.15, -0.1) is 0 Å². The molecule has 0 radical (unpaired) electrons. The number of aliphatic hydroxyl groups excluding tert-OH is 1. The molecule has 0 aliphatic carbocycles. The van der Waals surface area contributed by atoms with Crippen molar-refractivity contribution in [1.82, 2.24) is 4.90 Å². The Morgan fingerprint density at radius 3 is 2.58 bits per heavy atom. The van der Waals surface area contributed by atoms with Crippen LogP contribution in [0, 0.1) is 5.82 Å². The molecule has 1 aromatic carbocycles. The van der Waals surface area contributed by atoms with Crippen molar-refractivity contribution in [3.63, 3.8) is 0 Å². The highest BCUT2D eigenvalue weighted by Crippen LogP contribution is 2.24. The maximum Gasteiger partial charge on any atom is 0.128 e. The first-order chi connectivity index (χ1) is 8.97. The van der Waals surface area contributed by atoms with Crippen molar-refractivity contribution in [2.24, 2.45) is 5.73 Å². The molecule has 3 unspecified atom stereocenters. The van der Waals surface area contributed by atoms with E-state index in [2.05, 4.69) is 0 Å². The Morgan fingerprint density at radius 1 is 1.42 bits per heavy atom. The van der Waals surface area contributed by atoms with Crippen LogP contribution in [0.1, 0.15) is 18.5 Å². The molecule has 1 aromatic rings. The van der Waals surface area contributed by atoms with E-state index in [1.54, 1.807) is 18.2 Å². The van der Waals surface area contributed by atoms with Gasteiger partial charge in [0, 0.05) is 25.3 Å². The molecular weight excluding hydrogens is 247 g/mol. The van der Waals surface area contributed by atoms with Gasteiger partial charge in [-0.05, 0) is 20.0 Å². The van der Waals surface area contributed by atoms with Crippen LogP contribution in [-0.4, -0.2) is 49.5 Å². The number of halogens is 1. The van der Waals surface area contributed by atoms with E-state index in [0.717, 1.165) is 0 Å². The molecule has 0 amide bonds. The molecule has 0 saturated heterocycles. The lowest BCUT2D eigenvalue weighted by atomic mass is 9.98. The molecule has 19 heavy (non-hydrogen) atoms. The van der Waals surface area contributed by atoms with Gasteiger partial charge in [0.2, 0.25) is 0 Å². The summed E-state index contributed by atoms with van der Waals surface area (Å²) in [7, 11) is 3.35. The average molecular weight is 270 g/mol. The highest BCUT2D eigenvalue weighted by Gasteiger charge is 2.25. The van der Waals surface area contributed by atoms with Gasteiger partial charge >= 0.3 is 0 Å². The third-order valence-corrected chi connectivity index (χ3v) is 3.05. The second-order valence-corrected chi connectivity index (χ2v) is 4.87. The predicted octanol–water partition coefficient (Wildman–Crippen LogP) is 1.15. The van der Waals surface area contributed by atoms with Crippen LogP contribution in [0.2, 0.25) is 0 Å². The Morgan fingerprint density at radius 2 is 2.05 bits per heavy atom. The molecule has 0 saturated carbocycles. The first kappa shape index (κ1) is 16.0. The van der Waals surface area contributed by atoms with Gasteiger partial charge in [-0.25, -0.2) is 4.39 Å². The summed E-state index contributed by atoms with van der Waals surface area (Å²) in [5.41, 5.74) is 6.51. The van der Waals surface area contributed by atoms with Crippen LogP contribution in [0.15, 0.2) is 24.3 Å². The minimum Gasteiger partial charge on any atom is -0.389 e. The fourth-order valence-corrected chi connectivity index (χ4v) is 2.33. The molecule has 108 valence electrons. The predicted molar refractivity (Wildman–Crippen MR) is 73.3 cm³/mol. The molecular formula is C14H23FN2O2. The van der Waals surface area contributed by atoms with Crippen molar-refractivity contribution >= 4 is 0 Å². The standard InChI is InChI=1S/C14H23FN2O2/c1-10(16)14(12-6-4-5-7-13(12)15)17(2)8-11(18)9-19-3/h4-7,10-11,14,18H,8-9,16H2,1-3H3. The van der Waals surface area contributed by atoms with Crippen LogP contribution in [0.5, 0.6) is 0 Å². The number of hydrogen-bond donors (Lipinski definition) is 2. The summed E-state index contributed by atoms with van der Waals surface area (Å²) in [6, 6.07) is 6.04. The van der Waals surface area contributed by atoms with Crippen LogP contribution in [0.25, 0.3) is 0 Å². The van der Waals surface area contributed by atoms with Crippen LogP contribution in [0.4, 0.5) is 4.39 Å². The van der Waals surface area contributed by atoms with Gasteiger partial charge in [0.25, 0.3) is 0 Å². The van der Waals surface area contributed by atoms with Crippen molar-refractivity contribution in [3.05, 3.63) is 35.6 Å². The Hall–Kier alpha value is -1.01. The first-order valence-corrected chi connectivity index (χ1v) is 6.34. The van der Waals surface area contributed by atoms with Crippen molar-refractivity contribution in [3.8, 4) is 0 Å². The first-order valence-electron chi connectivity index (χ1n) is 6.34. The van der Waals surface area contributed by atoms with E-state index in [-0.39, 0.29) is 24.5 Å².